The summed E-state index contributed by atoms with van der Waals surface area (Å²) >= 11 is 0. The lowest BCUT2D eigenvalue weighted by Gasteiger charge is -2.19. The van der Waals surface area contributed by atoms with Crippen molar-refractivity contribution in [3.05, 3.63) is 35.6 Å². The first-order valence-corrected chi connectivity index (χ1v) is 6.97. The number of hydrogen-bond donors (Lipinski definition) is 2. The molecule has 21 heavy (non-hydrogen) atoms. The van der Waals surface area contributed by atoms with Crippen LogP contribution in [0, 0.1) is 12.8 Å². The van der Waals surface area contributed by atoms with Crippen LogP contribution in [0.2, 0.25) is 0 Å². The maximum absolute atomic E-state index is 12.3. The molecule has 0 aliphatic carbocycles. The van der Waals surface area contributed by atoms with Crippen molar-refractivity contribution in [2.24, 2.45) is 5.92 Å². The predicted octanol–water partition coefficient (Wildman–Crippen LogP) is 2.97. The monoisotopic (exact) mass is 289 g/mol. The molecule has 2 rings (SSSR count). The number of carboxylic acids is 1. The Morgan fingerprint density at radius 2 is 2.00 bits per heavy atom. The van der Waals surface area contributed by atoms with Crippen LogP contribution in [0.4, 0.5) is 0 Å². The Labute approximate surface area is 122 Å². The molecule has 2 atom stereocenters. The quantitative estimate of drug-likeness (QED) is 0.886. The summed E-state index contributed by atoms with van der Waals surface area (Å²) in [6.45, 7) is 5.48. The number of carboxylic acid groups (broad SMARTS) is 1. The van der Waals surface area contributed by atoms with Crippen LogP contribution in [-0.4, -0.2) is 23.0 Å². The highest BCUT2D eigenvalue weighted by Crippen LogP contribution is 2.25. The molecule has 0 saturated carbocycles. The van der Waals surface area contributed by atoms with E-state index >= 15 is 0 Å². The minimum Gasteiger partial charge on any atom is -0.480 e. The van der Waals surface area contributed by atoms with Crippen molar-refractivity contribution in [1.29, 1.82) is 0 Å². The summed E-state index contributed by atoms with van der Waals surface area (Å²) in [5, 5.41) is 12.6. The fourth-order valence-corrected chi connectivity index (χ4v) is 2.28. The molecule has 1 aromatic heterocycles. The number of aliphatic carboxylic acids is 1. The molecule has 0 saturated heterocycles. The molecule has 5 nitrogen and oxygen atoms in total. The second-order valence-corrected chi connectivity index (χ2v) is 5.23. The van der Waals surface area contributed by atoms with Crippen molar-refractivity contribution < 1.29 is 19.1 Å². The van der Waals surface area contributed by atoms with Crippen molar-refractivity contribution in [3.8, 4) is 0 Å². The topological polar surface area (TPSA) is 79.5 Å². The van der Waals surface area contributed by atoms with Gasteiger partial charge in [-0.3, -0.25) is 4.79 Å². The molecule has 2 N–H and O–H groups in total. The van der Waals surface area contributed by atoms with Gasteiger partial charge in [0.25, 0.3) is 5.91 Å². The molecule has 0 aliphatic rings. The summed E-state index contributed by atoms with van der Waals surface area (Å²) in [6.07, 6.45) is 0.663. The Hall–Kier alpha value is -2.30. The van der Waals surface area contributed by atoms with Gasteiger partial charge in [-0.15, -0.1) is 0 Å². The molecule has 0 fully saturated rings. The Morgan fingerprint density at radius 1 is 1.33 bits per heavy atom. The van der Waals surface area contributed by atoms with Gasteiger partial charge in [-0.05, 0) is 18.9 Å². The van der Waals surface area contributed by atoms with Gasteiger partial charge in [0, 0.05) is 10.9 Å². The molecular weight excluding hydrogens is 270 g/mol. The molecule has 5 heteroatoms. The van der Waals surface area contributed by atoms with E-state index < -0.39 is 17.9 Å². The van der Waals surface area contributed by atoms with Crippen molar-refractivity contribution in [2.75, 3.05) is 0 Å². The molecule has 0 aliphatic heterocycles. The average molecular weight is 289 g/mol. The van der Waals surface area contributed by atoms with E-state index in [-0.39, 0.29) is 11.7 Å². The van der Waals surface area contributed by atoms with Gasteiger partial charge in [-0.2, -0.15) is 0 Å². The molecule has 0 unspecified atom stereocenters. The van der Waals surface area contributed by atoms with Gasteiger partial charge in [0.05, 0.1) is 0 Å². The SMILES string of the molecule is CC[C@H](C)[C@H](NC(=O)c1oc2ccccc2c1C)C(=O)O. The average Bonchev–Trinajstić information content (AvgIpc) is 2.81. The van der Waals surface area contributed by atoms with Crippen molar-refractivity contribution in [1.82, 2.24) is 5.32 Å². The summed E-state index contributed by atoms with van der Waals surface area (Å²) in [6, 6.07) is 6.42. The van der Waals surface area contributed by atoms with Crippen LogP contribution >= 0.6 is 0 Å². The number of fused-ring (bicyclic) bond motifs is 1. The third-order valence-corrected chi connectivity index (χ3v) is 3.82. The lowest BCUT2D eigenvalue weighted by Crippen LogP contribution is -2.45. The minimum atomic E-state index is -1.04. The minimum absolute atomic E-state index is 0.156. The number of carbonyl (C=O) groups is 2. The third-order valence-electron chi connectivity index (χ3n) is 3.82. The lowest BCUT2D eigenvalue weighted by atomic mass is 9.99. The Morgan fingerprint density at radius 3 is 2.57 bits per heavy atom. The molecule has 1 heterocycles. The Bertz CT molecular complexity index is 674. The number of nitrogens with one attached hydrogen (secondary N) is 1. The molecule has 1 aromatic carbocycles. The maximum atomic E-state index is 12.3. The molecule has 112 valence electrons. The standard InChI is InChI=1S/C16H19NO4/c1-4-9(2)13(16(19)20)17-15(18)14-10(3)11-7-5-6-8-12(11)21-14/h5-9,13H,4H2,1-3H3,(H,17,18)(H,19,20)/t9-,13-/m0/s1. The fourth-order valence-electron chi connectivity index (χ4n) is 2.28. The number of para-hydroxylation sites is 1. The number of benzene rings is 1. The first-order valence-electron chi connectivity index (χ1n) is 6.97. The second-order valence-electron chi connectivity index (χ2n) is 5.23. The summed E-state index contributed by atoms with van der Waals surface area (Å²) in [4.78, 5) is 23.6. The third kappa shape index (κ3) is 2.91. The second kappa shape index (κ2) is 5.99. The van der Waals surface area contributed by atoms with Crippen LogP contribution in [0.5, 0.6) is 0 Å². The van der Waals surface area contributed by atoms with Crippen molar-refractivity contribution in [3.63, 3.8) is 0 Å². The van der Waals surface area contributed by atoms with Crippen LogP contribution in [0.25, 0.3) is 11.0 Å². The number of hydrogen-bond acceptors (Lipinski definition) is 3. The molecule has 0 radical (unpaired) electrons. The Balaban J connectivity index is 2.29. The highest BCUT2D eigenvalue weighted by molar-refractivity contribution is 6.00. The maximum Gasteiger partial charge on any atom is 0.326 e. The van der Waals surface area contributed by atoms with Gasteiger partial charge in [-0.25, -0.2) is 4.79 Å². The van der Waals surface area contributed by atoms with E-state index in [1.165, 1.54) is 0 Å². The molecule has 0 bridgehead atoms. The van der Waals surface area contributed by atoms with Gasteiger partial charge in [-0.1, -0.05) is 38.5 Å². The van der Waals surface area contributed by atoms with Gasteiger partial charge >= 0.3 is 5.97 Å². The molecular formula is C16H19NO4. The van der Waals surface area contributed by atoms with Crippen LogP contribution in [0.1, 0.15) is 36.4 Å². The zero-order valence-corrected chi connectivity index (χ0v) is 12.3. The zero-order valence-electron chi connectivity index (χ0n) is 12.3. The highest BCUT2D eigenvalue weighted by Gasteiger charge is 2.28. The van der Waals surface area contributed by atoms with Crippen molar-refractivity contribution >= 4 is 22.8 Å². The molecule has 1 amide bonds. The van der Waals surface area contributed by atoms with Crippen LogP contribution in [0.3, 0.4) is 0 Å². The van der Waals surface area contributed by atoms with E-state index in [9.17, 15) is 14.7 Å². The number of rotatable bonds is 5. The summed E-state index contributed by atoms with van der Waals surface area (Å²) < 4.78 is 5.55. The molecule has 0 spiro atoms. The van der Waals surface area contributed by atoms with E-state index in [1.54, 1.807) is 19.9 Å². The van der Waals surface area contributed by atoms with E-state index in [2.05, 4.69) is 5.32 Å². The van der Waals surface area contributed by atoms with E-state index in [1.807, 2.05) is 25.1 Å². The molecule has 2 aromatic rings. The number of carbonyl (C=O) groups excluding carboxylic acids is 1. The first-order chi connectivity index (χ1) is 9.95. The lowest BCUT2D eigenvalue weighted by molar-refractivity contribution is -0.140. The summed E-state index contributed by atoms with van der Waals surface area (Å²) in [5.74, 6) is -1.51. The number of amides is 1. The van der Waals surface area contributed by atoms with Gasteiger partial charge in [0.15, 0.2) is 5.76 Å². The van der Waals surface area contributed by atoms with Crippen molar-refractivity contribution in [2.45, 2.75) is 33.2 Å². The van der Waals surface area contributed by atoms with Gasteiger partial charge in [0.1, 0.15) is 11.6 Å². The fraction of sp³-hybridized carbons (Fsp3) is 0.375. The zero-order chi connectivity index (χ0) is 15.6. The predicted molar refractivity (Wildman–Crippen MR) is 79.3 cm³/mol. The van der Waals surface area contributed by atoms with E-state index in [0.717, 1.165) is 10.9 Å². The summed E-state index contributed by atoms with van der Waals surface area (Å²) in [7, 11) is 0. The Kier molecular flexibility index (Phi) is 4.31. The van der Waals surface area contributed by atoms with Gasteiger partial charge in [0.2, 0.25) is 0 Å². The number of aryl methyl sites for hydroxylation is 1. The van der Waals surface area contributed by atoms with Crippen LogP contribution < -0.4 is 5.32 Å². The normalized spacial score (nSPS) is 13.9. The first kappa shape index (κ1) is 15.1. The number of furan rings is 1. The van der Waals surface area contributed by atoms with E-state index in [0.29, 0.717) is 12.0 Å². The smallest absolute Gasteiger partial charge is 0.326 e. The van der Waals surface area contributed by atoms with E-state index in [4.69, 9.17) is 4.42 Å². The highest BCUT2D eigenvalue weighted by atomic mass is 16.4. The van der Waals surface area contributed by atoms with Crippen LogP contribution in [0.15, 0.2) is 28.7 Å². The van der Waals surface area contributed by atoms with Gasteiger partial charge < -0.3 is 14.8 Å². The summed E-state index contributed by atoms with van der Waals surface area (Å²) in [5.41, 5.74) is 1.34. The largest absolute Gasteiger partial charge is 0.480 e. The van der Waals surface area contributed by atoms with Crippen LogP contribution in [-0.2, 0) is 4.79 Å².